The fourth-order valence-corrected chi connectivity index (χ4v) is 3.88. The van der Waals surface area contributed by atoms with E-state index in [9.17, 15) is 18.8 Å². The minimum absolute atomic E-state index is 0.0162. The molecule has 2 amide bonds. The SMILES string of the molecule is CCOC(=O)c1ccccc1NC(=O)CSc1nnc2ccc(C(=O)Nc3cccc(F)c3)cn12. The van der Waals surface area contributed by atoms with Crippen LogP contribution >= 0.6 is 11.8 Å². The van der Waals surface area contributed by atoms with Gasteiger partial charge in [0.25, 0.3) is 5.91 Å². The van der Waals surface area contributed by atoms with Gasteiger partial charge in [0.15, 0.2) is 10.8 Å². The van der Waals surface area contributed by atoms with Gasteiger partial charge in [-0.3, -0.25) is 14.0 Å². The zero-order valence-corrected chi connectivity index (χ0v) is 19.3. The van der Waals surface area contributed by atoms with Crippen LogP contribution in [0.25, 0.3) is 5.65 Å². The molecule has 2 heterocycles. The molecule has 0 fully saturated rings. The summed E-state index contributed by atoms with van der Waals surface area (Å²) >= 11 is 1.11. The fraction of sp³-hybridized carbons (Fsp3) is 0.125. The first-order valence-corrected chi connectivity index (χ1v) is 11.5. The molecular weight excluding hydrogens is 473 g/mol. The molecule has 2 aromatic heterocycles. The Labute approximate surface area is 203 Å². The van der Waals surface area contributed by atoms with E-state index < -0.39 is 17.7 Å². The highest BCUT2D eigenvalue weighted by Crippen LogP contribution is 2.21. The molecule has 35 heavy (non-hydrogen) atoms. The molecule has 0 aliphatic rings. The van der Waals surface area contributed by atoms with E-state index in [1.165, 1.54) is 18.2 Å². The summed E-state index contributed by atoms with van der Waals surface area (Å²) in [5.41, 5.74) is 1.72. The summed E-state index contributed by atoms with van der Waals surface area (Å²) < 4.78 is 20.0. The van der Waals surface area contributed by atoms with E-state index in [0.717, 1.165) is 11.8 Å². The van der Waals surface area contributed by atoms with Crippen LogP contribution in [0.5, 0.6) is 0 Å². The van der Waals surface area contributed by atoms with Crippen LogP contribution in [0, 0.1) is 5.82 Å². The van der Waals surface area contributed by atoms with Crippen LogP contribution < -0.4 is 10.6 Å². The Kier molecular flexibility index (Phi) is 7.36. The number of nitrogens with zero attached hydrogens (tertiary/aromatic N) is 3. The lowest BCUT2D eigenvalue weighted by molar-refractivity contribution is -0.113. The van der Waals surface area contributed by atoms with Crippen molar-refractivity contribution < 1.29 is 23.5 Å². The molecular formula is C24H20FN5O4S. The molecule has 4 rings (SSSR count). The summed E-state index contributed by atoms with van der Waals surface area (Å²) in [6, 6.07) is 15.3. The Bertz CT molecular complexity index is 1410. The lowest BCUT2D eigenvalue weighted by Crippen LogP contribution is -2.17. The molecule has 0 aliphatic heterocycles. The van der Waals surface area contributed by atoms with Crippen molar-refractivity contribution >= 4 is 46.6 Å². The molecule has 11 heteroatoms. The predicted octanol–water partition coefficient (Wildman–Crippen LogP) is 4.03. The van der Waals surface area contributed by atoms with Gasteiger partial charge >= 0.3 is 5.97 Å². The van der Waals surface area contributed by atoms with Crippen molar-refractivity contribution in [2.24, 2.45) is 0 Å². The normalized spacial score (nSPS) is 10.7. The number of nitrogens with one attached hydrogen (secondary N) is 2. The van der Waals surface area contributed by atoms with Crippen LogP contribution in [-0.4, -0.2) is 44.7 Å². The number of ether oxygens (including phenoxy) is 1. The molecule has 178 valence electrons. The molecule has 4 aromatic rings. The summed E-state index contributed by atoms with van der Waals surface area (Å²) in [6.07, 6.45) is 1.54. The maximum absolute atomic E-state index is 13.4. The van der Waals surface area contributed by atoms with Crippen molar-refractivity contribution in [3.63, 3.8) is 0 Å². The third-order valence-corrected chi connectivity index (χ3v) is 5.69. The molecule has 2 aromatic carbocycles. The summed E-state index contributed by atoms with van der Waals surface area (Å²) in [7, 11) is 0. The van der Waals surface area contributed by atoms with Gasteiger partial charge in [-0.05, 0) is 49.4 Å². The maximum Gasteiger partial charge on any atom is 0.340 e. The number of benzene rings is 2. The minimum Gasteiger partial charge on any atom is -0.462 e. The predicted molar refractivity (Wildman–Crippen MR) is 129 cm³/mol. The second-order valence-corrected chi connectivity index (χ2v) is 8.14. The number of esters is 1. The van der Waals surface area contributed by atoms with Crippen molar-refractivity contribution in [2.75, 3.05) is 23.0 Å². The zero-order chi connectivity index (χ0) is 24.8. The van der Waals surface area contributed by atoms with Gasteiger partial charge in [0.1, 0.15) is 5.82 Å². The smallest absolute Gasteiger partial charge is 0.340 e. The number of fused-ring (bicyclic) bond motifs is 1. The number of aromatic nitrogens is 3. The Hall–Kier alpha value is -4.25. The van der Waals surface area contributed by atoms with Crippen molar-refractivity contribution in [1.82, 2.24) is 14.6 Å². The van der Waals surface area contributed by atoms with Gasteiger partial charge in [-0.2, -0.15) is 0 Å². The lowest BCUT2D eigenvalue weighted by Gasteiger charge is -2.10. The fourth-order valence-electron chi connectivity index (χ4n) is 3.17. The summed E-state index contributed by atoms with van der Waals surface area (Å²) in [5, 5.41) is 13.9. The second kappa shape index (κ2) is 10.8. The highest BCUT2D eigenvalue weighted by Gasteiger charge is 2.16. The molecule has 0 saturated carbocycles. The highest BCUT2D eigenvalue weighted by atomic mass is 32.2. The summed E-state index contributed by atoms with van der Waals surface area (Å²) in [4.78, 5) is 37.3. The minimum atomic E-state index is -0.524. The largest absolute Gasteiger partial charge is 0.462 e. The van der Waals surface area contributed by atoms with Crippen molar-refractivity contribution in [3.05, 3.63) is 83.8 Å². The van der Waals surface area contributed by atoms with Gasteiger partial charge < -0.3 is 15.4 Å². The van der Waals surface area contributed by atoms with Crippen LogP contribution in [0.15, 0.2) is 72.0 Å². The van der Waals surface area contributed by atoms with Crippen molar-refractivity contribution in [1.29, 1.82) is 0 Å². The average molecular weight is 494 g/mol. The lowest BCUT2D eigenvalue weighted by atomic mass is 10.2. The topological polar surface area (TPSA) is 115 Å². The van der Waals surface area contributed by atoms with Crippen LogP contribution in [0.4, 0.5) is 15.8 Å². The van der Waals surface area contributed by atoms with Crippen LogP contribution in [-0.2, 0) is 9.53 Å². The van der Waals surface area contributed by atoms with Gasteiger partial charge in [0, 0.05) is 11.9 Å². The first-order valence-electron chi connectivity index (χ1n) is 10.5. The Morgan fingerprint density at radius 3 is 2.66 bits per heavy atom. The molecule has 0 bridgehead atoms. The molecule has 0 radical (unpaired) electrons. The van der Waals surface area contributed by atoms with E-state index in [4.69, 9.17) is 4.74 Å². The van der Waals surface area contributed by atoms with Crippen LogP contribution in [0.2, 0.25) is 0 Å². The second-order valence-electron chi connectivity index (χ2n) is 7.20. The number of hydrogen-bond donors (Lipinski definition) is 2. The number of pyridine rings is 1. The Morgan fingerprint density at radius 2 is 1.86 bits per heavy atom. The van der Waals surface area contributed by atoms with Crippen LogP contribution in [0.1, 0.15) is 27.6 Å². The van der Waals surface area contributed by atoms with E-state index in [2.05, 4.69) is 20.8 Å². The third kappa shape index (κ3) is 5.82. The van der Waals surface area contributed by atoms with Crippen molar-refractivity contribution in [3.8, 4) is 0 Å². The number of hydrogen-bond acceptors (Lipinski definition) is 7. The molecule has 0 saturated heterocycles. The molecule has 9 nitrogen and oxygen atoms in total. The van der Waals surface area contributed by atoms with E-state index >= 15 is 0 Å². The number of carbonyl (C=O) groups excluding carboxylic acids is 3. The number of anilines is 2. The Morgan fingerprint density at radius 1 is 1.03 bits per heavy atom. The first-order chi connectivity index (χ1) is 16.9. The van der Waals surface area contributed by atoms with Gasteiger partial charge in [-0.25, -0.2) is 9.18 Å². The molecule has 2 N–H and O–H groups in total. The molecule has 0 spiro atoms. The number of rotatable bonds is 8. The summed E-state index contributed by atoms with van der Waals surface area (Å²) in [5.74, 6) is -1.79. The van der Waals surface area contributed by atoms with Gasteiger partial charge in [0.2, 0.25) is 5.91 Å². The highest BCUT2D eigenvalue weighted by molar-refractivity contribution is 7.99. The van der Waals surface area contributed by atoms with Crippen molar-refractivity contribution in [2.45, 2.75) is 12.1 Å². The summed E-state index contributed by atoms with van der Waals surface area (Å²) in [6.45, 7) is 1.92. The average Bonchev–Trinajstić information content (AvgIpc) is 3.25. The zero-order valence-electron chi connectivity index (χ0n) is 18.5. The molecule has 0 unspecified atom stereocenters. The standard InChI is InChI=1S/C24H20FN5O4S/c1-2-34-23(33)18-8-3-4-9-19(18)27-21(31)14-35-24-29-28-20-11-10-15(13-30(20)24)22(32)26-17-7-5-6-16(25)12-17/h3-13H,2,14H2,1H3,(H,26,32)(H,27,31). The number of para-hydroxylation sites is 1. The van der Waals surface area contributed by atoms with E-state index in [1.54, 1.807) is 60.0 Å². The maximum atomic E-state index is 13.4. The molecule has 0 aliphatic carbocycles. The van der Waals surface area contributed by atoms with Gasteiger partial charge in [0.05, 0.1) is 29.2 Å². The Balaban J connectivity index is 1.44. The number of carbonyl (C=O) groups is 3. The number of halogens is 1. The first kappa shape index (κ1) is 23.9. The van der Waals surface area contributed by atoms with Crippen LogP contribution in [0.3, 0.4) is 0 Å². The quantitative estimate of drug-likeness (QED) is 0.281. The van der Waals surface area contributed by atoms with E-state index in [1.807, 2.05) is 0 Å². The number of amides is 2. The monoisotopic (exact) mass is 493 g/mol. The van der Waals surface area contributed by atoms with E-state index in [-0.39, 0.29) is 23.8 Å². The number of thioether (sulfide) groups is 1. The third-order valence-electron chi connectivity index (χ3n) is 4.74. The van der Waals surface area contributed by atoms with Gasteiger partial charge in [-0.15, -0.1) is 10.2 Å². The molecule has 0 atom stereocenters. The van der Waals surface area contributed by atoms with E-state index in [0.29, 0.717) is 27.7 Å². The van der Waals surface area contributed by atoms with Gasteiger partial charge in [-0.1, -0.05) is 30.0 Å².